The molecule has 0 fully saturated rings. The Morgan fingerprint density at radius 1 is 1.48 bits per heavy atom. The molecule has 21 heavy (non-hydrogen) atoms. The molecule has 1 rings (SSSR count). The van der Waals surface area contributed by atoms with Crippen LogP contribution in [0.3, 0.4) is 0 Å². The van der Waals surface area contributed by atoms with E-state index in [0.29, 0.717) is 5.69 Å². The van der Waals surface area contributed by atoms with Crippen LogP contribution < -0.4 is 11.0 Å². The van der Waals surface area contributed by atoms with Crippen LogP contribution in [0.5, 0.6) is 0 Å². The number of carboxylic acid groups (broad SMARTS) is 1. The van der Waals surface area contributed by atoms with Gasteiger partial charge in [0, 0.05) is 12.2 Å². The fraction of sp³-hybridized carbons (Fsp3) is 0.500. The monoisotopic (exact) mass is 315 g/mol. The van der Waals surface area contributed by atoms with E-state index in [0.717, 1.165) is 11.8 Å². The average Bonchev–Trinajstić information content (AvgIpc) is 2.33. The lowest BCUT2D eigenvalue weighted by atomic mass is 10.0. The van der Waals surface area contributed by atoms with E-state index in [1.54, 1.807) is 13.2 Å². The lowest BCUT2D eigenvalue weighted by Crippen LogP contribution is -2.42. The third-order valence-corrected chi connectivity index (χ3v) is 3.35. The SMILES string of the molecule is CSc1nc(=O)[nH]c(C)c1C(=O)NCC(C)(O)CC(=O)O. The number of amides is 1. The van der Waals surface area contributed by atoms with Crippen LogP contribution in [-0.4, -0.2) is 50.5 Å². The van der Waals surface area contributed by atoms with Crippen molar-refractivity contribution < 1.29 is 19.8 Å². The molecule has 1 aromatic rings. The van der Waals surface area contributed by atoms with Gasteiger partial charge in [-0.3, -0.25) is 9.59 Å². The van der Waals surface area contributed by atoms with Crippen molar-refractivity contribution in [2.24, 2.45) is 0 Å². The summed E-state index contributed by atoms with van der Waals surface area (Å²) in [5.41, 5.74) is -1.56. The molecule has 1 heterocycles. The molecular weight excluding hydrogens is 298 g/mol. The molecule has 0 saturated heterocycles. The number of nitrogens with one attached hydrogen (secondary N) is 2. The van der Waals surface area contributed by atoms with Gasteiger partial charge in [0.05, 0.1) is 17.6 Å². The Morgan fingerprint density at radius 2 is 2.10 bits per heavy atom. The number of aryl methyl sites for hydroxylation is 1. The first-order valence-corrected chi connectivity index (χ1v) is 7.26. The zero-order valence-corrected chi connectivity index (χ0v) is 12.7. The highest BCUT2D eigenvalue weighted by atomic mass is 32.2. The van der Waals surface area contributed by atoms with Crippen molar-refractivity contribution in [2.75, 3.05) is 12.8 Å². The summed E-state index contributed by atoms with van der Waals surface area (Å²) >= 11 is 1.15. The van der Waals surface area contributed by atoms with E-state index in [9.17, 15) is 19.5 Å². The van der Waals surface area contributed by atoms with Gasteiger partial charge in [0.15, 0.2) is 0 Å². The summed E-state index contributed by atoms with van der Waals surface area (Å²) in [6.07, 6.45) is 1.18. The van der Waals surface area contributed by atoms with E-state index in [2.05, 4.69) is 15.3 Å². The lowest BCUT2D eigenvalue weighted by Gasteiger charge is -2.21. The minimum absolute atomic E-state index is 0.202. The van der Waals surface area contributed by atoms with Gasteiger partial charge in [0.1, 0.15) is 5.03 Å². The molecule has 1 amide bonds. The number of carbonyl (C=O) groups is 2. The van der Waals surface area contributed by atoms with Gasteiger partial charge >= 0.3 is 11.7 Å². The molecule has 1 atom stereocenters. The maximum Gasteiger partial charge on any atom is 0.346 e. The summed E-state index contributed by atoms with van der Waals surface area (Å²) in [4.78, 5) is 40.1. The van der Waals surface area contributed by atoms with Crippen LogP contribution in [0.1, 0.15) is 29.4 Å². The average molecular weight is 315 g/mol. The zero-order chi connectivity index (χ0) is 16.2. The van der Waals surface area contributed by atoms with Crippen molar-refractivity contribution in [3.63, 3.8) is 0 Å². The second-order valence-corrected chi connectivity index (χ2v) is 5.60. The summed E-state index contributed by atoms with van der Waals surface area (Å²) in [6.45, 7) is 2.65. The molecule has 0 bridgehead atoms. The largest absolute Gasteiger partial charge is 0.481 e. The number of carboxylic acids is 1. The predicted octanol–water partition coefficient (Wildman–Crippen LogP) is -0.244. The number of aliphatic hydroxyl groups is 1. The Morgan fingerprint density at radius 3 is 2.62 bits per heavy atom. The minimum atomic E-state index is -1.56. The maximum absolute atomic E-state index is 12.1. The molecule has 9 heteroatoms. The number of H-pyrrole nitrogens is 1. The molecule has 0 radical (unpaired) electrons. The molecule has 0 aliphatic carbocycles. The number of aromatic nitrogens is 2. The van der Waals surface area contributed by atoms with Gasteiger partial charge < -0.3 is 20.5 Å². The van der Waals surface area contributed by atoms with Gasteiger partial charge in [0.2, 0.25) is 0 Å². The smallest absolute Gasteiger partial charge is 0.346 e. The predicted molar refractivity (Wildman–Crippen MR) is 76.6 cm³/mol. The van der Waals surface area contributed by atoms with Gasteiger partial charge in [-0.2, -0.15) is 4.98 Å². The molecule has 4 N–H and O–H groups in total. The number of hydrogen-bond donors (Lipinski definition) is 4. The third kappa shape index (κ3) is 4.87. The van der Waals surface area contributed by atoms with Crippen LogP contribution in [0.4, 0.5) is 0 Å². The Hall–Kier alpha value is -1.87. The summed E-state index contributed by atoms with van der Waals surface area (Å²) in [5, 5.41) is 21.2. The molecule has 0 aromatic carbocycles. The van der Waals surface area contributed by atoms with Gasteiger partial charge in [0.25, 0.3) is 5.91 Å². The van der Waals surface area contributed by atoms with Gasteiger partial charge in [-0.25, -0.2) is 4.79 Å². The number of carbonyl (C=O) groups excluding carboxylic acids is 1. The number of aromatic amines is 1. The van der Waals surface area contributed by atoms with E-state index in [-0.39, 0.29) is 17.1 Å². The molecule has 8 nitrogen and oxygen atoms in total. The van der Waals surface area contributed by atoms with E-state index < -0.39 is 29.6 Å². The number of rotatable bonds is 6. The molecule has 116 valence electrons. The standard InChI is InChI=1S/C12H17N3O5S/c1-6-8(10(21-3)15-11(19)14-6)9(18)13-5-12(2,20)4-7(16)17/h20H,4-5H2,1-3H3,(H,13,18)(H,16,17)(H,14,15,19). The van der Waals surface area contributed by atoms with E-state index in [1.165, 1.54) is 6.92 Å². The Kier molecular flexibility index (Phi) is 5.50. The van der Waals surface area contributed by atoms with Crippen LogP contribution in [0.25, 0.3) is 0 Å². The third-order valence-electron chi connectivity index (χ3n) is 2.67. The fourth-order valence-electron chi connectivity index (χ4n) is 1.72. The number of nitrogens with zero attached hydrogens (tertiary/aromatic N) is 1. The summed E-state index contributed by atoms with van der Waals surface area (Å²) in [7, 11) is 0. The Balaban J connectivity index is 2.91. The highest BCUT2D eigenvalue weighted by Gasteiger charge is 2.26. The van der Waals surface area contributed by atoms with Gasteiger partial charge in [-0.1, -0.05) is 0 Å². The second-order valence-electron chi connectivity index (χ2n) is 4.80. The maximum atomic E-state index is 12.1. The molecule has 1 aromatic heterocycles. The molecule has 0 aliphatic heterocycles. The number of hydrogen-bond acceptors (Lipinski definition) is 6. The van der Waals surface area contributed by atoms with Crippen LogP contribution in [0.15, 0.2) is 9.82 Å². The first-order valence-electron chi connectivity index (χ1n) is 6.03. The van der Waals surface area contributed by atoms with Crippen molar-refractivity contribution in [2.45, 2.75) is 30.9 Å². The second kappa shape index (κ2) is 6.72. The molecule has 0 spiro atoms. The molecule has 1 unspecified atom stereocenters. The summed E-state index contributed by atoms with van der Waals surface area (Å²) < 4.78 is 0. The molecular formula is C12H17N3O5S. The van der Waals surface area contributed by atoms with Crippen molar-refractivity contribution >= 4 is 23.6 Å². The van der Waals surface area contributed by atoms with E-state index in [4.69, 9.17) is 5.11 Å². The number of aliphatic carboxylic acids is 1. The highest BCUT2D eigenvalue weighted by molar-refractivity contribution is 7.98. The van der Waals surface area contributed by atoms with Crippen molar-refractivity contribution in [1.29, 1.82) is 0 Å². The van der Waals surface area contributed by atoms with Crippen LogP contribution in [0.2, 0.25) is 0 Å². The Bertz CT molecular complexity index is 611. The fourth-order valence-corrected chi connectivity index (χ4v) is 2.35. The first kappa shape index (κ1) is 17.2. The van der Waals surface area contributed by atoms with E-state index >= 15 is 0 Å². The quantitative estimate of drug-likeness (QED) is 0.420. The van der Waals surface area contributed by atoms with Gasteiger partial charge in [-0.15, -0.1) is 11.8 Å². The molecule has 0 saturated carbocycles. The van der Waals surface area contributed by atoms with Crippen molar-refractivity contribution in [3.8, 4) is 0 Å². The zero-order valence-electron chi connectivity index (χ0n) is 11.9. The first-order chi connectivity index (χ1) is 9.66. The van der Waals surface area contributed by atoms with Crippen molar-refractivity contribution in [1.82, 2.24) is 15.3 Å². The normalized spacial score (nSPS) is 13.5. The summed E-state index contributed by atoms with van der Waals surface area (Å²) in [6, 6.07) is 0. The topological polar surface area (TPSA) is 132 Å². The Labute approximate surface area is 125 Å². The minimum Gasteiger partial charge on any atom is -0.481 e. The highest BCUT2D eigenvalue weighted by Crippen LogP contribution is 2.18. The lowest BCUT2D eigenvalue weighted by molar-refractivity contribution is -0.141. The van der Waals surface area contributed by atoms with Crippen LogP contribution in [-0.2, 0) is 4.79 Å². The number of thioether (sulfide) groups is 1. The van der Waals surface area contributed by atoms with Crippen molar-refractivity contribution in [3.05, 3.63) is 21.7 Å². The van der Waals surface area contributed by atoms with Crippen LogP contribution >= 0.6 is 11.8 Å². The van der Waals surface area contributed by atoms with E-state index in [1.807, 2.05) is 0 Å². The molecule has 0 aliphatic rings. The van der Waals surface area contributed by atoms with Gasteiger partial charge in [-0.05, 0) is 20.1 Å². The van der Waals surface area contributed by atoms with Crippen LogP contribution in [0, 0.1) is 6.92 Å². The summed E-state index contributed by atoms with van der Waals surface area (Å²) in [5.74, 6) is -1.70.